The molecule has 1 amide bonds. The van der Waals surface area contributed by atoms with E-state index in [9.17, 15) is 22.4 Å². The van der Waals surface area contributed by atoms with Gasteiger partial charge in [-0.15, -0.1) is 0 Å². The molecule has 2 rings (SSSR count). The molecule has 1 aliphatic carbocycles. The molecule has 21 heavy (non-hydrogen) atoms. The Morgan fingerprint density at radius 1 is 1.33 bits per heavy atom. The van der Waals surface area contributed by atoms with Gasteiger partial charge in [0.25, 0.3) is 0 Å². The minimum atomic E-state index is -4.63. The maximum Gasteiger partial charge on any atom is 0.412 e. The van der Waals surface area contributed by atoms with Gasteiger partial charge in [-0.05, 0) is 37.6 Å². The molecule has 3 nitrogen and oxygen atoms in total. The summed E-state index contributed by atoms with van der Waals surface area (Å²) in [4.78, 5) is 13.5. The van der Waals surface area contributed by atoms with Crippen molar-refractivity contribution in [2.75, 3.05) is 13.6 Å². The molecule has 1 aliphatic rings. The van der Waals surface area contributed by atoms with Crippen molar-refractivity contribution in [3.05, 3.63) is 35.6 Å². The first-order chi connectivity index (χ1) is 9.77. The smallest absolute Gasteiger partial charge is 0.340 e. The third-order valence-corrected chi connectivity index (χ3v) is 3.40. The zero-order valence-electron chi connectivity index (χ0n) is 11.5. The van der Waals surface area contributed by atoms with E-state index >= 15 is 0 Å². The number of hydrogen-bond acceptors (Lipinski definition) is 2. The van der Waals surface area contributed by atoms with Crippen molar-refractivity contribution in [3.8, 4) is 0 Å². The highest BCUT2D eigenvalue weighted by atomic mass is 19.4. The fourth-order valence-electron chi connectivity index (χ4n) is 2.09. The van der Waals surface area contributed by atoms with Crippen LogP contribution in [0.2, 0.25) is 0 Å². The largest absolute Gasteiger partial charge is 0.412 e. The number of likely N-dealkylation sites (N-methyl/N-ethyl adjacent to an activating group) is 1. The molecule has 0 radical (unpaired) electrons. The highest BCUT2D eigenvalue weighted by Gasteiger charge is 2.42. The maximum atomic E-state index is 13.1. The van der Waals surface area contributed by atoms with Crippen LogP contribution < -0.4 is 5.32 Å². The Hall–Kier alpha value is -1.63. The minimum absolute atomic E-state index is 0.0849. The van der Waals surface area contributed by atoms with Crippen molar-refractivity contribution in [1.29, 1.82) is 0 Å². The average Bonchev–Trinajstić information content (AvgIpc) is 3.20. The number of nitrogens with one attached hydrogen (secondary N) is 1. The number of benzene rings is 1. The van der Waals surface area contributed by atoms with Gasteiger partial charge in [0.1, 0.15) is 5.82 Å². The molecule has 0 saturated heterocycles. The third-order valence-electron chi connectivity index (χ3n) is 3.40. The van der Waals surface area contributed by atoms with Crippen molar-refractivity contribution >= 4 is 5.91 Å². The first kappa shape index (κ1) is 15.8. The van der Waals surface area contributed by atoms with E-state index in [1.807, 2.05) is 5.32 Å². The lowest BCUT2D eigenvalue weighted by molar-refractivity contribution is -0.163. The van der Waals surface area contributed by atoms with E-state index in [0.717, 1.165) is 37.1 Å². The van der Waals surface area contributed by atoms with Gasteiger partial charge in [-0.2, -0.15) is 13.2 Å². The van der Waals surface area contributed by atoms with E-state index in [1.54, 1.807) is 11.9 Å². The standard InChI is InChI=1S/C14H16F4N2O/c1-20(11-6-7-11)8-12(21)19-13(14(16,17)18)9-2-4-10(15)5-3-9/h2-5,11,13H,6-8H2,1H3,(H,19,21)/t13-/m0/s1. The summed E-state index contributed by atoms with van der Waals surface area (Å²) in [6, 6.07) is 2.09. The van der Waals surface area contributed by atoms with Crippen LogP contribution in [-0.2, 0) is 4.79 Å². The Bertz CT molecular complexity index is 497. The average molecular weight is 304 g/mol. The Morgan fingerprint density at radius 2 is 1.90 bits per heavy atom. The van der Waals surface area contributed by atoms with Crippen molar-refractivity contribution < 1.29 is 22.4 Å². The molecule has 1 atom stereocenters. The van der Waals surface area contributed by atoms with Crippen LogP contribution >= 0.6 is 0 Å². The SMILES string of the molecule is CN(CC(=O)N[C@@H](c1ccc(F)cc1)C(F)(F)F)C1CC1. The number of nitrogens with zero attached hydrogens (tertiary/aromatic N) is 1. The van der Waals surface area contributed by atoms with Gasteiger partial charge in [0, 0.05) is 6.04 Å². The van der Waals surface area contributed by atoms with E-state index in [-0.39, 0.29) is 18.2 Å². The lowest BCUT2D eigenvalue weighted by Crippen LogP contribution is -2.43. The summed E-state index contributed by atoms with van der Waals surface area (Å²) >= 11 is 0. The molecule has 0 heterocycles. The van der Waals surface area contributed by atoms with Gasteiger partial charge in [0.05, 0.1) is 6.54 Å². The molecule has 1 aromatic rings. The van der Waals surface area contributed by atoms with Gasteiger partial charge in [-0.25, -0.2) is 4.39 Å². The molecule has 7 heteroatoms. The summed E-state index contributed by atoms with van der Waals surface area (Å²) in [5, 5.41) is 1.98. The molecular formula is C14H16F4N2O. The highest BCUT2D eigenvalue weighted by Crippen LogP contribution is 2.33. The summed E-state index contributed by atoms with van der Waals surface area (Å²) in [7, 11) is 1.71. The molecule has 1 saturated carbocycles. The maximum absolute atomic E-state index is 13.1. The molecular weight excluding hydrogens is 288 g/mol. The Balaban J connectivity index is 2.05. The molecule has 0 aromatic heterocycles. The number of hydrogen-bond donors (Lipinski definition) is 1. The quantitative estimate of drug-likeness (QED) is 0.848. The summed E-state index contributed by atoms with van der Waals surface area (Å²) in [6.45, 7) is -0.0849. The molecule has 0 aliphatic heterocycles. The van der Waals surface area contributed by atoms with Gasteiger partial charge in [0.2, 0.25) is 5.91 Å². The lowest BCUT2D eigenvalue weighted by atomic mass is 10.1. The Kier molecular flexibility index (Phi) is 4.51. The zero-order chi connectivity index (χ0) is 15.6. The highest BCUT2D eigenvalue weighted by molar-refractivity contribution is 5.78. The summed E-state index contributed by atoms with van der Waals surface area (Å²) < 4.78 is 52.0. The van der Waals surface area contributed by atoms with Crippen LogP contribution in [0.5, 0.6) is 0 Å². The van der Waals surface area contributed by atoms with Crippen LogP contribution in [0.3, 0.4) is 0 Å². The fraction of sp³-hybridized carbons (Fsp3) is 0.500. The fourth-order valence-corrected chi connectivity index (χ4v) is 2.09. The number of carbonyl (C=O) groups is 1. The molecule has 1 fully saturated rings. The van der Waals surface area contributed by atoms with Crippen LogP contribution in [0.15, 0.2) is 24.3 Å². The van der Waals surface area contributed by atoms with E-state index in [2.05, 4.69) is 0 Å². The van der Waals surface area contributed by atoms with Crippen LogP contribution in [0, 0.1) is 5.82 Å². The number of amides is 1. The topological polar surface area (TPSA) is 32.3 Å². The first-order valence-electron chi connectivity index (χ1n) is 6.59. The molecule has 0 spiro atoms. The predicted octanol–water partition coefficient (Wildman–Crippen LogP) is 2.64. The van der Waals surface area contributed by atoms with Crippen LogP contribution in [-0.4, -0.2) is 36.6 Å². The van der Waals surface area contributed by atoms with Gasteiger partial charge < -0.3 is 5.32 Å². The van der Waals surface area contributed by atoms with Gasteiger partial charge in [-0.3, -0.25) is 9.69 Å². The van der Waals surface area contributed by atoms with E-state index in [1.165, 1.54) is 0 Å². The lowest BCUT2D eigenvalue weighted by Gasteiger charge is -2.23. The van der Waals surface area contributed by atoms with Crippen LogP contribution in [0.4, 0.5) is 17.6 Å². The van der Waals surface area contributed by atoms with Crippen molar-refractivity contribution in [2.24, 2.45) is 0 Å². The second-order valence-electron chi connectivity index (χ2n) is 5.24. The van der Waals surface area contributed by atoms with E-state index < -0.39 is 23.9 Å². The van der Waals surface area contributed by atoms with Crippen molar-refractivity contribution in [1.82, 2.24) is 10.2 Å². The molecule has 116 valence electrons. The van der Waals surface area contributed by atoms with Crippen molar-refractivity contribution in [3.63, 3.8) is 0 Å². The second kappa shape index (κ2) is 6.01. The number of rotatable bonds is 5. The number of halogens is 4. The van der Waals surface area contributed by atoms with Gasteiger partial charge in [-0.1, -0.05) is 12.1 Å². The Labute approximate surface area is 119 Å². The normalized spacial score (nSPS) is 16.9. The Morgan fingerprint density at radius 3 is 2.38 bits per heavy atom. The number of carbonyl (C=O) groups excluding carboxylic acids is 1. The summed E-state index contributed by atoms with van der Waals surface area (Å²) in [5.74, 6) is -1.32. The zero-order valence-corrected chi connectivity index (χ0v) is 11.5. The summed E-state index contributed by atoms with van der Waals surface area (Å²) in [6.07, 6.45) is -2.71. The monoisotopic (exact) mass is 304 g/mol. The third kappa shape index (κ3) is 4.42. The molecule has 0 bridgehead atoms. The van der Waals surface area contributed by atoms with E-state index in [0.29, 0.717) is 0 Å². The number of alkyl halides is 3. The molecule has 1 N–H and O–H groups in total. The van der Waals surface area contributed by atoms with Gasteiger partial charge >= 0.3 is 6.18 Å². The molecule has 0 unspecified atom stereocenters. The van der Waals surface area contributed by atoms with E-state index in [4.69, 9.17) is 0 Å². The second-order valence-corrected chi connectivity index (χ2v) is 5.24. The minimum Gasteiger partial charge on any atom is -0.340 e. The summed E-state index contributed by atoms with van der Waals surface area (Å²) in [5.41, 5.74) is -0.189. The predicted molar refractivity (Wildman–Crippen MR) is 69.0 cm³/mol. The van der Waals surface area contributed by atoms with Crippen LogP contribution in [0.25, 0.3) is 0 Å². The van der Waals surface area contributed by atoms with Gasteiger partial charge in [0.15, 0.2) is 6.04 Å². The molecule has 1 aromatic carbocycles. The first-order valence-corrected chi connectivity index (χ1v) is 6.59. The van der Waals surface area contributed by atoms with Crippen molar-refractivity contribution in [2.45, 2.75) is 31.1 Å². The van der Waals surface area contributed by atoms with Crippen LogP contribution in [0.1, 0.15) is 24.4 Å².